The summed E-state index contributed by atoms with van der Waals surface area (Å²) in [6.45, 7) is 6.32. The number of amidine groups is 1. The van der Waals surface area contributed by atoms with Gasteiger partial charge in [-0.1, -0.05) is 6.08 Å². The molecular weight excluding hydrogens is 222 g/mol. The molecule has 1 aliphatic heterocycles. The first-order valence-corrected chi connectivity index (χ1v) is 6.43. The highest BCUT2D eigenvalue weighted by molar-refractivity contribution is 5.88. The summed E-state index contributed by atoms with van der Waals surface area (Å²) < 4.78 is 0. The van der Waals surface area contributed by atoms with Crippen LogP contribution < -0.4 is 0 Å². The Morgan fingerprint density at radius 2 is 1.89 bits per heavy atom. The first kappa shape index (κ1) is 12.6. The van der Waals surface area contributed by atoms with Gasteiger partial charge in [-0.05, 0) is 43.2 Å². The number of hydrogen-bond acceptors (Lipinski definition) is 3. The molecule has 0 bridgehead atoms. The molecule has 0 fully saturated rings. The fraction of sp³-hybridized carbons (Fsp3) is 0.333. The van der Waals surface area contributed by atoms with Gasteiger partial charge < -0.3 is 4.90 Å². The molecule has 0 spiro atoms. The highest BCUT2D eigenvalue weighted by Gasteiger charge is 2.08. The molecule has 0 aromatic carbocycles. The lowest BCUT2D eigenvalue weighted by Crippen LogP contribution is -2.29. The molecule has 1 aliphatic rings. The van der Waals surface area contributed by atoms with Gasteiger partial charge in [0.15, 0.2) is 0 Å². The Kier molecular flexibility index (Phi) is 4.29. The summed E-state index contributed by atoms with van der Waals surface area (Å²) in [7, 11) is 0. The SMILES string of the molecule is CCN(CC)C1=NC=CC(c2ccncc2)=CC1. The van der Waals surface area contributed by atoms with Gasteiger partial charge >= 0.3 is 0 Å². The lowest BCUT2D eigenvalue weighted by atomic mass is 10.1. The molecule has 0 aliphatic carbocycles. The summed E-state index contributed by atoms with van der Waals surface area (Å²) in [5, 5.41) is 0. The molecule has 1 aromatic rings. The Morgan fingerprint density at radius 1 is 1.17 bits per heavy atom. The normalized spacial score (nSPS) is 14.8. The third kappa shape index (κ3) is 2.86. The molecule has 2 rings (SSSR count). The summed E-state index contributed by atoms with van der Waals surface area (Å²) in [5.41, 5.74) is 2.40. The number of allylic oxidation sites excluding steroid dienone is 2. The summed E-state index contributed by atoms with van der Waals surface area (Å²) in [6, 6.07) is 4.05. The van der Waals surface area contributed by atoms with Gasteiger partial charge in [0.1, 0.15) is 5.84 Å². The highest BCUT2D eigenvalue weighted by Crippen LogP contribution is 2.18. The zero-order chi connectivity index (χ0) is 12.8. The van der Waals surface area contributed by atoms with E-state index in [1.165, 1.54) is 11.1 Å². The van der Waals surface area contributed by atoms with Crippen molar-refractivity contribution in [3.05, 3.63) is 48.4 Å². The van der Waals surface area contributed by atoms with Gasteiger partial charge in [-0.3, -0.25) is 4.98 Å². The molecule has 0 saturated heterocycles. The van der Waals surface area contributed by atoms with Crippen LogP contribution in [0, 0.1) is 0 Å². The predicted octanol–water partition coefficient (Wildman–Crippen LogP) is 3.12. The zero-order valence-electron chi connectivity index (χ0n) is 11.0. The molecule has 94 valence electrons. The molecule has 3 nitrogen and oxygen atoms in total. The third-order valence-corrected chi connectivity index (χ3v) is 3.12. The van der Waals surface area contributed by atoms with Crippen molar-refractivity contribution >= 4 is 11.4 Å². The van der Waals surface area contributed by atoms with Crippen LogP contribution in [0.3, 0.4) is 0 Å². The monoisotopic (exact) mass is 241 g/mol. The Hall–Kier alpha value is -1.90. The molecule has 18 heavy (non-hydrogen) atoms. The van der Waals surface area contributed by atoms with Crippen molar-refractivity contribution < 1.29 is 0 Å². The second kappa shape index (κ2) is 6.15. The van der Waals surface area contributed by atoms with Crippen LogP contribution in [-0.4, -0.2) is 28.8 Å². The van der Waals surface area contributed by atoms with E-state index in [-0.39, 0.29) is 0 Å². The number of aromatic nitrogens is 1. The van der Waals surface area contributed by atoms with Gasteiger partial charge in [0.05, 0.1) is 0 Å². The van der Waals surface area contributed by atoms with Crippen LogP contribution in [0.15, 0.2) is 47.9 Å². The molecule has 1 aromatic heterocycles. The second-order valence-electron chi connectivity index (χ2n) is 4.13. The number of aliphatic imine (C=N–C) groups is 1. The fourth-order valence-corrected chi connectivity index (χ4v) is 2.08. The number of rotatable bonds is 3. The van der Waals surface area contributed by atoms with E-state index >= 15 is 0 Å². The van der Waals surface area contributed by atoms with E-state index in [1.807, 2.05) is 30.7 Å². The average Bonchev–Trinajstić information content (AvgIpc) is 2.67. The molecule has 0 amide bonds. The molecular formula is C15H19N3. The minimum atomic E-state index is 0.881. The first-order chi connectivity index (χ1) is 8.85. The van der Waals surface area contributed by atoms with E-state index in [0.29, 0.717) is 0 Å². The number of hydrogen-bond donors (Lipinski definition) is 0. The van der Waals surface area contributed by atoms with Gasteiger partial charge in [0.25, 0.3) is 0 Å². The maximum Gasteiger partial charge on any atom is 0.108 e. The Labute approximate surface area is 109 Å². The van der Waals surface area contributed by atoms with Gasteiger partial charge in [-0.15, -0.1) is 0 Å². The summed E-state index contributed by atoms with van der Waals surface area (Å²) >= 11 is 0. The van der Waals surface area contributed by atoms with Crippen molar-refractivity contribution in [3.63, 3.8) is 0 Å². The smallest absolute Gasteiger partial charge is 0.108 e. The van der Waals surface area contributed by atoms with Crippen molar-refractivity contribution in [1.82, 2.24) is 9.88 Å². The van der Waals surface area contributed by atoms with Crippen LogP contribution in [0.1, 0.15) is 25.8 Å². The lowest BCUT2D eigenvalue weighted by molar-refractivity contribution is 0.459. The quantitative estimate of drug-likeness (QED) is 0.813. The van der Waals surface area contributed by atoms with Crippen LogP contribution >= 0.6 is 0 Å². The lowest BCUT2D eigenvalue weighted by Gasteiger charge is -2.21. The standard InChI is InChI=1S/C15H19N3/c1-3-18(4-2)15-6-5-13(9-12-17-15)14-7-10-16-11-8-14/h5,7-12H,3-4,6H2,1-2H3. The van der Waals surface area contributed by atoms with Gasteiger partial charge in [0, 0.05) is 38.1 Å². The van der Waals surface area contributed by atoms with Crippen LogP contribution in [0.5, 0.6) is 0 Å². The van der Waals surface area contributed by atoms with Crippen molar-refractivity contribution in [2.24, 2.45) is 4.99 Å². The van der Waals surface area contributed by atoms with E-state index in [9.17, 15) is 0 Å². The molecule has 0 radical (unpaired) electrons. The van der Waals surface area contributed by atoms with Crippen LogP contribution in [0.4, 0.5) is 0 Å². The fourth-order valence-electron chi connectivity index (χ4n) is 2.08. The third-order valence-electron chi connectivity index (χ3n) is 3.12. The Morgan fingerprint density at radius 3 is 2.56 bits per heavy atom. The molecule has 2 heterocycles. The van der Waals surface area contributed by atoms with E-state index in [1.54, 1.807) is 0 Å². The van der Waals surface area contributed by atoms with E-state index in [4.69, 9.17) is 0 Å². The molecule has 0 N–H and O–H groups in total. The zero-order valence-corrected chi connectivity index (χ0v) is 11.0. The Balaban J connectivity index is 2.17. The number of pyridine rings is 1. The van der Waals surface area contributed by atoms with E-state index in [2.05, 4.69) is 40.9 Å². The molecule has 0 unspecified atom stereocenters. The maximum atomic E-state index is 4.54. The summed E-state index contributed by atoms with van der Waals surface area (Å²) in [4.78, 5) is 10.9. The molecule has 3 heteroatoms. The minimum Gasteiger partial charge on any atom is -0.360 e. The van der Waals surface area contributed by atoms with Gasteiger partial charge in [-0.2, -0.15) is 0 Å². The van der Waals surface area contributed by atoms with Gasteiger partial charge in [0.2, 0.25) is 0 Å². The maximum absolute atomic E-state index is 4.54. The molecule has 0 saturated carbocycles. The second-order valence-corrected chi connectivity index (χ2v) is 4.13. The first-order valence-electron chi connectivity index (χ1n) is 6.43. The van der Waals surface area contributed by atoms with Crippen LogP contribution in [0.25, 0.3) is 5.57 Å². The van der Waals surface area contributed by atoms with Crippen molar-refractivity contribution in [2.75, 3.05) is 13.1 Å². The highest BCUT2D eigenvalue weighted by atomic mass is 15.2. The van der Waals surface area contributed by atoms with E-state index in [0.717, 1.165) is 25.3 Å². The predicted molar refractivity (Wildman–Crippen MR) is 76.3 cm³/mol. The molecule has 0 atom stereocenters. The summed E-state index contributed by atoms with van der Waals surface area (Å²) in [5.74, 6) is 1.14. The van der Waals surface area contributed by atoms with Crippen molar-refractivity contribution in [1.29, 1.82) is 0 Å². The van der Waals surface area contributed by atoms with Crippen molar-refractivity contribution in [2.45, 2.75) is 20.3 Å². The van der Waals surface area contributed by atoms with Crippen LogP contribution in [-0.2, 0) is 0 Å². The average molecular weight is 241 g/mol. The largest absolute Gasteiger partial charge is 0.360 e. The Bertz CT molecular complexity index is 468. The minimum absolute atomic E-state index is 0.881. The van der Waals surface area contributed by atoms with E-state index < -0.39 is 0 Å². The van der Waals surface area contributed by atoms with Crippen LogP contribution in [0.2, 0.25) is 0 Å². The van der Waals surface area contributed by atoms with Gasteiger partial charge in [-0.25, -0.2) is 4.99 Å². The number of nitrogens with zero attached hydrogens (tertiary/aromatic N) is 3. The summed E-state index contributed by atoms with van der Waals surface area (Å²) in [6.07, 6.45) is 10.7. The topological polar surface area (TPSA) is 28.5 Å². The van der Waals surface area contributed by atoms with Crippen molar-refractivity contribution in [3.8, 4) is 0 Å².